The molecule has 0 bridgehead atoms. The van der Waals surface area contributed by atoms with Crippen LogP contribution in [-0.4, -0.2) is 37.1 Å². The Morgan fingerprint density at radius 3 is 2.89 bits per heavy atom. The van der Waals surface area contributed by atoms with E-state index in [-0.39, 0.29) is 5.91 Å². The zero-order valence-corrected chi connectivity index (χ0v) is 14.2. The quantitative estimate of drug-likeness (QED) is 0.608. The first kappa shape index (κ1) is 14.7. The Hall–Kier alpha value is -0.663. The van der Waals surface area contributed by atoms with E-state index >= 15 is 0 Å². The van der Waals surface area contributed by atoms with Crippen molar-refractivity contribution in [1.82, 2.24) is 9.78 Å². The lowest BCUT2D eigenvalue weighted by Crippen LogP contribution is -2.39. The van der Waals surface area contributed by atoms with Gasteiger partial charge in [-0.1, -0.05) is 19.6 Å². The molecule has 2 rings (SSSR count). The third kappa shape index (κ3) is 3.90. The molecule has 0 aromatic carbocycles. The van der Waals surface area contributed by atoms with E-state index in [0.29, 0.717) is 19.7 Å². The van der Waals surface area contributed by atoms with E-state index in [0.717, 1.165) is 23.1 Å². The third-order valence-electron chi connectivity index (χ3n) is 3.06. The number of hydrogen-bond donors (Lipinski definition) is 0. The Balaban J connectivity index is 1.94. The Kier molecular flexibility index (Phi) is 4.47. The molecule has 1 aromatic heterocycles. The van der Waals surface area contributed by atoms with Gasteiger partial charge in [-0.15, -0.1) is 0 Å². The first-order valence-corrected chi connectivity index (χ1v) is 11.0. The van der Waals surface area contributed by atoms with Gasteiger partial charge in [0.05, 0.1) is 6.54 Å². The van der Waals surface area contributed by atoms with E-state index in [2.05, 4.69) is 40.7 Å². The maximum absolute atomic E-state index is 12.0. The zero-order valence-electron chi connectivity index (χ0n) is 11.6. The number of amides is 1. The lowest BCUT2D eigenvalue weighted by atomic mass is 10.3. The van der Waals surface area contributed by atoms with Crippen LogP contribution in [0, 0.1) is 0 Å². The topological polar surface area (TPSA) is 47.4 Å². The molecule has 0 spiro atoms. The van der Waals surface area contributed by atoms with Crippen molar-refractivity contribution in [1.29, 1.82) is 0 Å². The molecule has 5 nitrogen and oxygen atoms in total. The first-order chi connectivity index (χ1) is 8.87. The van der Waals surface area contributed by atoms with E-state index in [1.807, 2.05) is 10.7 Å². The van der Waals surface area contributed by atoms with Crippen LogP contribution in [0.25, 0.3) is 0 Å². The van der Waals surface area contributed by atoms with Crippen molar-refractivity contribution >= 4 is 35.7 Å². The molecular weight excluding hydrogens is 326 g/mol. The number of carbonyl (C=O) groups is 1. The van der Waals surface area contributed by atoms with Crippen LogP contribution in [0.3, 0.4) is 0 Å². The van der Waals surface area contributed by atoms with Gasteiger partial charge in [0.1, 0.15) is 17.2 Å². The fourth-order valence-electron chi connectivity index (χ4n) is 1.89. The van der Waals surface area contributed by atoms with Crippen molar-refractivity contribution in [3.63, 3.8) is 0 Å². The average Bonchev–Trinajstić information content (AvgIpc) is 2.66. The molecule has 0 fully saturated rings. The van der Waals surface area contributed by atoms with Crippen molar-refractivity contribution < 1.29 is 9.53 Å². The van der Waals surface area contributed by atoms with Crippen molar-refractivity contribution in [3.05, 3.63) is 10.7 Å². The zero-order chi connectivity index (χ0) is 14.0. The minimum Gasteiger partial charge on any atom is -0.361 e. The molecule has 1 aromatic rings. The van der Waals surface area contributed by atoms with Crippen LogP contribution in [0.2, 0.25) is 25.7 Å². The molecule has 1 amide bonds. The Morgan fingerprint density at radius 2 is 2.21 bits per heavy atom. The van der Waals surface area contributed by atoms with Crippen LogP contribution < -0.4 is 4.90 Å². The summed E-state index contributed by atoms with van der Waals surface area (Å²) < 4.78 is 8.26. The lowest BCUT2D eigenvalue weighted by molar-refractivity contribution is -0.120. The Labute approximate surface area is 123 Å². The van der Waals surface area contributed by atoms with Crippen LogP contribution >= 0.6 is 15.9 Å². The van der Waals surface area contributed by atoms with Gasteiger partial charge in [0.15, 0.2) is 0 Å². The number of anilines is 1. The number of hydrogen-bond acceptors (Lipinski definition) is 3. The van der Waals surface area contributed by atoms with Crippen LogP contribution in [0.15, 0.2) is 10.7 Å². The van der Waals surface area contributed by atoms with E-state index in [9.17, 15) is 4.79 Å². The fourth-order valence-corrected chi connectivity index (χ4v) is 3.05. The maximum atomic E-state index is 12.0. The smallest absolute Gasteiger partial charge is 0.231 e. The van der Waals surface area contributed by atoms with Crippen LogP contribution in [-0.2, 0) is 16.1 Å². The monoisotopic (exact) mass is 345 g/mol. The molecule has 7 heteroatoms. The molecule has 0 radical (unpaired) electrons. The number of aromatic nitrogens is 2. The standard InChI is InChI=1S/C12H20BrN3O2Si/c1-19(2,3)7-6-18-9-15-11-8-10(13)14-16(11)5-4-12(15)17/h8H,4-7,9H2,1-3H3. The largest absolute Gasteiger partial charge is 0.361 e. The van der Waals surface area contributed by atoms with Crippen LogP contribution in [0.4, 0.5) is 5.82 Å². The third-order valence-corrected chi connectivity index (χ3v) is 5.15. The second-order valence-corrected chi connectivity index (χ2v) is 12.4. The molecule has 0 saturated heterocycles. The summed E-state index contributed by atoms with van der Waals surface area (Å²) in [6.45, 7) is 8.62. The molecule has 0 atom stereocenters. The SMILES string of the molecule is C[Si](C)(C)CCOCN1C(=O)CCn2nc(Br)cc21. The molecule has 0 aliphatic carbocycles. The van der Waals surface area contributed by atoms with Gasteiger partial charge in [0, 0.05) is 27.2 Å². The molecule has 2 heterocycles. The minimum absolute atomic E-state index is 0.105. The predicted octanol–water partition coefficient (Wildman–Crippen LogP) is 2.69. The van der Waals surface area contributed by atoms with Crippen molar-refractivity contribution in [2.45, 2.75) is 38.7 Å². The van der Waals surface area contributed by atoms with E-state index in [4.69, 9.17) is 4.74 Å². The van der Waals surface area contributed by atoms with E-state index < -0.39 is 8.07 Å². The highest BCUT2D eigenvalue weighted by atomic mass is 79.9. The number of carbonyl (C=O) groups excluding carboxylic acids is 1. The molecule has 0 N–H and O–H groups in total. The molecule has 106 valence electrons. The Bertz CT molecular complexity index is 470. The minimum atomic E-state index is -1.08. The van der Waals surface area contributed by atoms with E-state index in [1.165, 1.54) is 0 Å². The molecular formula is C12H20BrN3O2Si. The number of aryl methyl sites for hydroxylation is 1. The van der Waals surface area contributed by atoms with Gasteiger partial charge in [-0.05, 0) is 22.0 Å². The summed E-state index contributed by atoms with van der Waals surface area (Å²) in [5, 5.41) is 4.29. The summed E-state index contributed by atoms with van der Waals surface area (Å²) >= 11 is 3.34. The molecule has 1 aliphatic rings. The van der Waals surface area contributed by atoms with Crippen LogP contribution in [0.1, 0.15) is 6.42 Å². The van der Waals surface area contributed by atoms with Gasteiger partial charge in [0.2, 0.25) is 5.91 Å². The fraction of sp³-hybridized carbons (Fsp3) is 0.667. The van der Waals surface area contributed by atoms with Crippen molar-refractivity contribution in [2.75, 3.05) is 18.2 Å². The number of rotatable bonds is 5. The van der Waals surface area contributed by atoms with Crippen molar-refractivity contribution in [2.24, 2.45) is 0 Å². The maximum Gasteiger partial charge on any atom is 0.231 e. The van der Waals surface area contributed by atoms with Gasteiger partial charge in [-0.3, -0.25) is 9.69 Å². The summed E-state index contributed by atoms with van der Waals surface area (Å²) in [5.74, 6) is 0.920. The molecule has 19 heavy (non-hydrogen) atoms. The van der Waals surface area contributed by atoms with E-state index in [1.54, 1.807) is 4.90 Å². The number of nitrogens with zero attached hydrogens (tertiary/aromatic N) is 3. The number of halogens is 1. The Morgan fingerprint density at radius 1 is 1.47 bits per heavy atom. The highest BCUT2D eigenvalue weighted by Gasteiger charge is 2.26. The highest BCUT2D eigenvalue weighted by Crippen LogP contribution is 2.24. The van der Waals surface area contributed by atoms with Crippen LogP contribution in [0.5, 0.6) is 0 Å². The average molecular weight is 346 g/mol. The number of ether oxygens (including phenoxy) is 1. The molecule has 1 aliphatic heterocycles. The summed E-state index contributed by atoms with van der Waals surface area (Å²) in [6, 6.07) is 2.97. The van der Waals surface area contributed by atoms with Gasteiger partial charge < -0.3 is 4.74 Å². The normalized spacial score (nSPS) is 15.8. The summed E-state index contributed by atoms with van der Waals surface area (Å²) in [7, 11) is -1.08. The summed E-state index contributed by atoms with van der Waals surface area (Å²) in [5.41, 5.74) is 0. The van der Waals surface area contributed by atoms with Gasteiger partial charge >= 0.3 is 0 Å². The first-order valence-electron chi connectivity index (χ1n) is 6.48. The van der Waals surface area contributed by atoms with Gasteiger partial charge in [-0.25, -0.2) is 4.68 Å². The lowest BCUT2D eigenvalue weighted by Gasteiger charge is -2.27. The second kappa shape index (κ2) is 5.76. The number of fused-ring (bicyclic) bond motifs is 1. The molecule has 0 unspecified atom stereocenters. The van der Waals surface area contributed by atoms with Gasteiger partial charge in [0.25, 0.3) is 0 Å². The molecule has 0 saturated carbocycles. The van der Waals surface area contributed by atoms with Gasteiger partial charge in [-0.2, -0.15) is 5.10 Å². The summed E-state index contributed by atoms with van der Waals surface area (Å²) in [6.07, 6.45) is 0.485. The van der Waals surface area contributed by atoms with Crippen molar-refractivity contribution in [3.8, 4) is 0 Å². The highest BCUT2D eigenvalue weighted by molar-refractivity contribution is 9.10. The second-order valence-electron chi connectivity index (χ2n) is 5.97. The predicted molar refractivity (Wildman–Crippen MR) is 81.0 cm³/mol. The summed E-state index contributed by atoms with van der Waals surface area (Å²) in [4.78, 5) is 13.6.